The molecule has 20 heavy (non-hydrogen) atoms. The number of hydrogen-bond acceptors (Lipinski definition) is 1. The number of rotatable bonds is 8. The highest BCUT2D eigenvalue weighted by Crippen LogP contribution is 2.39. The molecule has 1 aromatic rings. The second kappa shape index (κ2) is 8.41. The SMILES string of the molecule is CNCCCCCCC(c1ccc(F)cc1)C(C)(C)C. The van der Waals surface area contributed by atoms with E-state index in [1.54, 1.807) is 12.1 Å². The lowest BCUT2D eigenvalue weighted by Gasteiger charge is -2.31. The molecule has 0 aliphatic carbocycles. The van der Waals surface area contributed by atoms with Crippen LogP contribution < -0.4 is 5.32 Å². The summed E-state index contributed by atoms with van der Waals surface area (Å²) in [7, 11) is 2.00. The Morgan fingerprint density at radius 3 is 2.15 bits per heavy atom. The van der Waals surface area contributed by atoms with E-state index in [1.807, 2.05) is 19.2 Å². The van der Waals surface area contributed by atoms with E-state index in [0.717, 1.165) is 6.54 Å². The third-order valence-corrected chi connectivity index (χ3v) is 3.99. The molecule has 0 saturated carbocycles. The van der Waals surface area contributed by atoms with Crippen molar-refractivity contribution in [2.24, 2.45) is 5.41 Å². The smallest absolute Gasteiger partial charge is 0.123 e. The van der Waals surface area contributed by atoms with Crippen LogP contribution in [0.2, 0.25) is 0 Å². The van der Waals surface area contributed by atoms with Crippen LogP contribution in [0.15, 0.2) is 24.3 Å². The van der Waals surface area contributed by atoms with E-state index in [2.05, 4.69) is 26.1 Å². The molecule has 0 heterocycles. The van der Waals surface area contributed by atoms with Crippen LogP contribution in [0.4, 0.5) is 4.39 Å². The second-order valence-corrected chi connectivity index (χ2v) is 6.78. The maximum absolute atomic E-state index is 13.1. The topological polar surface area (TPSA) is 12.0 Å². The summed E-state index contributed by atoms with van der Waals surface area (Å²) in [6.45, 7) is 7.95. The Labute approximate surface area is 124 Å². The second-order valence-electron chi connectivity index (χ2n) is 6.78. The number of hydrogen-bond donors (Lipinski definition) is 1. The summed E-state index contributed by atoms with van der Waals surface area (Å²) in [5, 5.41) is 3.19. The molecular formula is C18H30FN. The van der Waals surface area contributed by atoms with Gasteiger partial charge in [-0.1, -0.05) is 52.2 Å². The van der Waals surface area contributed by atoms with Crippen molar-refractivity contribution in [3.8, 4) is 0 Å². The normalized spacial score (nSPS) is 13.4. The zero-order valence-corrected chi connectivity index (χ0v) is 13.5. The molecule has 0 spiro atoms. The molecule has 1 aromatic carbocycles. The van der Waals surface area contributed by atoms with Crippen molar-refractivity contribution >= 4 is 0 Å². The molecule has 0 aromatic heterocycles. The molecule has 0 aliphatic rings. The van der Waals surface area contributed by atoms with Crippen molar-refractivity contribution < 1.29 is 4.39 Å². The Hall–Kier alpha value is -0.890. The van der Waals surface area contributed by atoms with Gasteiger partial charge in [0.05, 0.1) is 0 Å². The van der Waals surface area contributed by atoms with Crippen molar-refractivity contribution in [1.29, 1.82) is 0 Å². The van der Waals surface area contributed by atoms with Crippen molar-refractivity contribution in [2.45, 2.75) is 58.8 Å². The Balaban J connectivity index is 2.51. The van der Waals surface area contributed by atoms with Gasteiger partial charge in [0.15, 0.2) is 0 Å². The highest BCUT2D eigenvalue weighted by Gasteiger charge is 2.25. The lowest BCUT2D eigenvalue weighted by Crippen LogP contribution is -2.18. The summed E-state index contributed by atoms with van der Waals surface area (Å²) < 4.78 is 13.1. The van der Waals surface area contributed by atoms with Crippen LogP contribution in [0.25, 0.3) is 0 Å². The number of unbranched alkanes of at least 4 members (excludes halogenated alkanes) is 3. The van der Waals surface area contributed by atoms with Crippen LogP contribution in [-0.2, 0) is 0 Å². The fourth-order valence-electron chi connectivity index (χ4n) is 2.80. The highest BCUT2D eigenvalue weighted by molar-refractivity contribution is 5.22. The van der Waals surface area contributed by atoms with Crippen molar-refractivity contribution in [1.82, 2.24) is 5.32 Å². The number of halogens is 1. The molecule has 0 saturated heterocycles. The summed E-state index contributed by atoms with van der Waals surface area (Å²) in [6.07, 6.45) is 6.28. The summed E-state index contributed by atoms with van der Waals surface area (Å²) >= 11 is 0. The predicted octanol–water partition coefficient (Wildman–Crippen LogP) is 5.13. The molecule has 1 N–H and O–H groups in total. The molecule has 0 bridgehead atoms. The number of nitrogens with one attached hydrogen (secondary N) is 1. The monoisotopic (exact) mass is 279 g/mol. The first-order valence-corrected chi connectivity index (χ1v) is 7.85. The average Bonchev–Trinajstić information content (AvgIpc) is 2.38. The van der Waals surface area contributed by atoms with E-state index >= 15 is 0 Å². The zero-order valence-electron chi connectivity index (χ0n) is 13.5. The van der Waals surface area contributed by atoms with E-state index < -0.39 is 0 Å². The Morgan fingerprint density at radius 2 is 1.60 bits per heavy atom. The van der Waals surface area contributed by atoms with Gasteiger partial charge in [0.2, 0.25) is 0 Å². The van der Waals surface area contributed by atoms with Gasteiger partial charge in [-0.2, -0.15) is 0 Å². The quantitative estimate of drug-likeness (QED) is 0.651. The van der Waals surface area contributed by atoms with Crippen LogP contribution in [0, 0.1) is 11.2 Å². The van der Waals surface area contributed by atoms with Crippen molar-refractivity contribution in [3.05, 3.63) is 35.6 Å². The molecule has 0 fully saturated rings. The van der Waals surface area contributed by atoms with Crippen LogP contribution in [-0.4, -0.2) is 13.6 Å². The fourth-order valence-corrected chi connectivity index (χ4v) is 2.80. The van der Waals surface area contributed by atoms with Gasteiger partial charge >= 0.3 is 0 Å². The molecular weight excluding hydrogens is 249 g/mol. The summed E-state index contributed by atoms with van der Waals surface area (Å²) in [5.41, 5.74) is 1.50. The first kappa shape index (κ1) is 17.2. The fraction of sp³-hybridized carbons (Fsp3) is 0.667. The third-order valence-electron chi connectivity index (χ3n) is 3.99. The first-order valence-electron chi connectivity index (χ1n) is 7.85. The minimum atomic E-state index is -0.145. The molecule has 0 aliphatic heterocycles. The molecule has 1 nitrogen and oxygen atoms in total. The van der Waals surface area contributed by atoms with Crippen LogP contribution in [0.5, 0.6) is 0 Å². The van der Waals surface area contributed by atoms with Gasteiger partial charge in [0, 0.05) is 0 Å². The van der Waals surface area contributed by atoms with E-state index in [9.17, 15) is 4.39 Å². The molecule has 114 valence electrons. The lowest BCUT2D eigenvalue weighted by atomic mass is 9.74. The van der Waals surface area contributed by atoms with Gasteiger partial charge in [-0.25, -0.2) is 4.39 Å². The van der Waals surface area contributed by atoms with E-state index in [1.165, 1.54) is 37.7 Å². The van der Waals surface area contributed by atoms with E-state index in [4.69, 9.17) is 0 Å². The van der Waals surface area contributed by atoms with E-state index in [-0.39, 0.29) is 11.2 Å². The molecule has 0 radical (unpaired) electrons. The Kier molecular flexibility index (Phi) is 7.22. The highest BCUT2D eigenvalue weighted by atomic mass is 19.1. The molecule has 2 heteroatoms. The Bertz CT molecular complexity index is 364. The van der Waals surface area contributed by atoms with E-state index in [0.29, 0.717) is 5.92 Å². The maximum Gasteiger partial charge on any atom is 0.123 e. The standard InChI is InChI=1S/C18H30FN/c1-18(2,3)17(9-7-5-6-8-14-20-4)15-10-12-16(19)13-11-15/h10-13,17,20H,5-9,14H2,1-4H3. The summed E-state index contributed by atoms with van der Waals surface area (Å²) in [6, 6.07) is 7.07. The van der Waals surface area contributed by atoms with Crippen LogP contribution >= 0.6 is 0 Å². The zero-order chi connectivity index (χ0) is 15.0. The minimum absolute atomic E-state index is 0.145. The largest absolute Gasteiger partial charge is 0.320 e. The number of benzene rings is 1. The van der Waals surface area contributed by atoms with Gasteiger partial charge in [0.1, 0.15) is 5.82 Å². The van der Waals surface area contributed by atoms with Gasteiger partial charge < -0.3 is 5.32 Å². The van der Waals surface area contributed by atoms with Gasteiger partial charge in [-0.3, -0.25) is 0 Å². The third kappa shape index (κ3) is 6.04. The molecule has 0 amide bonds. The summed E-state index contributed by atoms with van der Waals surface area (Å²) in [5.74, 6) is 0.362. The van der Waals surface area contributed by atoms with Gasteiger partial charge in [-0.05, 0) is 55.5 Å². The maximum atomic E-state index is 13.1. The minimum Gasteiger partial charge on any atom is -0.320 e. The summed E-state index contributed by atoms with van der Waals surface area (Å²) in [4.78, 5) is 0. The van der Waals surface area contributed by atoms with Gasteiger partial charge in [-0.15, -0.1) is 0 Å². The molecule has 1 rings (SSSR count). The van der Waals surface area contributed by atoms with Gasteiger partial charge in [0.25, 0.3) is 0 Å². The molecule has 1 unspecified atom stereocenters. The van der Waals surface area contributed by atoms with Crippen molar-refractivity contribution in [3.63, 3.8) is 0 Å². The van der Waals surface area contributed by atoms with Crippen LogP contribution in [0.1, 0.15) is 64.4 Å². The average molecular weight is 279 g/mol. The predicted molar refractivity (Wildman–Crippen MR) is 85.6 cm³/mol. The van der Waals surface area contributed by atoms with Crippen LogP contribution in [0.3, 0.4) is 0 Å². The lowest BCUT2D eigenvalue weighted by molar-refractivity contribution is 0.297. The Morgan fingerprint density at radius 1 is 1.00 bits per heavy atom. The van der Waals surface area contributed by atoms with Crippen molar-refractivity contribution in [2.75, 3.05) is 13.6 Å². The first-order chi connectivity index (χ1) is 9.45. The molecule has 1 atom stereocenters.